The highest BCUT2D eigenvalue weighted by molar-refractivity contribution is 5.92. The van der Waals surface area contributed by atoms with E-state index in [9.17, 15) is 4.79 Å². The molecule has 1 aliphatic heterocycles. The lowest BCUT2D eigenvalue weighted by atomic mass is 9.99. The van der Waals surface area contributed by atoms with E-state index < -0.39 is 0 Å². The quantitative estimate of drug-likeness (QED) is 0.891. The minimum atomic E-state index is 0.0622. The van der Waals surface area contributed by atoms with Gasteiger partial charge in [0.25, 0.3) is 0 Å². The Morgan fingerprint density at radius 2 is 1.87 bits per heavy atom. The van der Waals surface area contributed by atoms with Gasteiger partial charge in [0.2, 0.25) is 5.91 Å². The molecule has 0 unspecified atom stereocenters. The highest BCUT2D eigenvalue weighted by Gasteiger charge is 2.21. The first-order valence-electron chi connectivity index (χ1n) is 7.93. The van der Waals surface area contributed by atoms with Crippen LogP contribution in [0.4, 0.5) is 11.4 Å². The summed E-state index contributed by atoms with van der Waals surface area (Å²) in [5, 5.41) is 6.32. The first-order chi connectivity index (χ1) is 11.3. The molecule has 0 saturated carbocycles. The van der Waals surface area contributed by atoms with Crippen LogP contribution in [0.5, 0.6) is 0 Å². The van der Waals surface area contributed by atoms with Gasteiger partial charge in [-0.25, -0.2) is 0 Å². The molecule has 0 atom stereocenters. The third kappa shape index (κ3) is 4.53. The minimum absolute atomic E-state index is 0.0622. The van der Waals surface area contributed by atoms with Crippen LogP contribution in [0.25, 0.3) is 0 Å². The van der Waals surface area contributed by atoms with E-state index in [1.54, 1.807) is 6.20 Å². The second-order valence-corrected chi connectivity index (χ2v) is 5.67. The van der Waals surface area contributed by atoms with Gasteiger partial charge in [0.1, 0.15) is 0 Å². The molecule has 5 nitrogen and oxygen atoms in total. The van der Waals surface area contributed by atoms with Gasteiger partial charge in [-0.05, 0) is 48.7 Å². The van der Waals surface area contributed by atoms with Crippen molar-refractivity contribution in [3.05, 3.63) is 54.4 Å². The van der Waals surface area contributed by atoms with Crippen molar-refractivity contribution in [2.75, 3.05) is 23.8 Å². The molecule has 23 heavy (non-hydrogen) atoms. The third-order valence-electron chi connectivity index (χ3n) is 3.96. The molecule has 0 aliphatic carbocycles. The number of hydrogen-bond acceptors (Lipinski definition) is 4. The number of hydrogen-bond donors (Lipinski definition) is 2. The Hall–Kier alpha value is -2.40. The van der Waals surface area contributed by atoms with Gasteiger partial charge in [-0.2, -0.15) is 0 Å². The summed E-state index contributed by atoms with van der Waals surface area (Å²) in [4.78, 5) is 16.3. The van der Waals surface area contributed by atoms with Crippen LogP contribution in [0.1, 0.15) is 18.4 Å². The Morgan fingerprint density at radius 3 is 2.57 bits per heavy atom. The van der Waals surface area contributed by atoms with Crippen molar-refractivity contribution in [2.45, 2.75) is 19.4 Å². The van der Waals surface area contributed by atoms with Gasteiger partial charge in [0, 0.05) is 49.4 Å². The van der Waals surface area contributed by atoms with Crippen LogP contribution in [0.2, 0.25) is 0 Å². The van der Waals surface area contributed by atoms with Crippen molar-refractivity contribution in [3.8, 4) is 0 Å². The summed E-state index contributed by atoms with van der Waals surface area (Å²) in [5.41, 5.74) is 2.97. The largest absolute Gasteiger partial charge is 0.381 e. The van der Waals surface area contributed by atoms with Crippen LogP contribution in [0.3, 0.4) is 0 Å². The predicted molar refractivity (Wildman–Crippen MR) is 90.2 cm³/mol. The number of pyridine rings is 1. The van der Waals surface area contributed by atoms with E-state index in [4.69, 9.17) is 4.74 Å². The van der Waals surface area contributed by atoms with Crippen LogP contribution in [0, 0.1) is 5.92 Å². The summed E-state index contributed by atoms with van der Waals surface area (Å²) in [6.45, 7) is 2.08. The highest BCUT2D eigenvalue weighted by atomic mass is 16.5. The van der Waals surface area contributed by atoms with Gasteiger partial charge in [0.05, 0.1) is 0 Å². The van der Waals surface area contributed by atoms with Gasteiger partial charge in [0.15, 0.2) is 0 Å². The number of nitrogens with one attached hydrogen (secondary N) is 2. The number of anilines is 2. The standard InChI is InChI=1S/C18H21N3O2/c22-18(15-7-10-23-11-8-15)21-17-5-3-16(4-6-17)20-13-14-2-1-9-19-12-14/h1-6,9,12,15,20H,7-8,10-11,13H2,(H,21,22). The number of nitrogens with zero attached hydrogens (tertiary/aromatic N) is 1. The SMILES string of the molecule is O=C(Nc1ccc(NCc2cccnc2)cc1)C1CCOCC1. The summed E-state index contributed by atoms with van der Waals surface area (Å²) in [6, 6.07) is 11.7. The topological polar surface area (TPSA) is 63.2 Å². The lowest BCUT2D eigenvalue weighted by Gasteiger charge is -2.21. The number of aromatic nitrogens is 1. The maximum Gasteiger partial charge on any atom is 0.227 e. The number of rotatable bonds is 5. The van der Waals surface area contributed by atoms with Crippen molar-refractivity contribution in [2.24, 2.45) is 5.92 Å². The van der Waals surface area contributed by atoms with Gasteiger partial charge < -0.3 is 15.4 Å². The van der Waals surface area contributed by atoms with Crippen molar-refractivity contribution < 1.29 is 9.53 Å². The Balaban J connectivity index is 1.51. The third-order valence-corrected chi connectivity index (χ3v) is 3.96. The summed E-state index contributed by atoms with van der Waals surface area (Å²) < 4.78 is 5.29. The lowest BCUT2D eigenvalue weighted by molar-refractivity contribution is -0.122. The Morgan fingerprint density at radius 1 is 1.13 bits per heavy atom. The van der Waals surface area contributed by atoms with Gasteiger partial charge in [-0.3, -0.25) is 9.78 Å². The summed E-state index contributed by atoms with van der Waals surface area (Å²) in [6.07, 6.45) is 5.21. The van der Waals surface area contributed by atoms with Crippen LogP contribution < -0.4 is 10.6 Å². The molecule has 1 aliphatic rings. The molecule has 0 bridgehead atoms. The monoisotopic (exact) mass is 311 g/mol. The highest BCUT2D eigenvalue weighted by Crippen LogP contribution is 2.19. The second kappa shape index (κ2) is 7.74. The molecule has 1 saturated heterocycles. The molecule has 2 N–H and O–H groups in total. The molecular weight excluding hydrogens is 290 g/mol. The van der Waals surface area contributed by atoms with E-state index in [2.05, 4.69) is 15.6 Å². The van der Waals surface area contributed by atoms with Crippen LogP contribution >= 0.6 is 0 Å². The first kappa shape index (κ1) is 15.5. The summed E-state index contributed by atoms with van der Waals surface area (Å²) >= 11 is 0. The van der Waals surface area contributed by atoms with E-state index in [0.717, 1.165) is 36.3 Å². The fourth-order valence-electron chi connectivity index (χ4n) is 2.58. The number of benzene rings is 1. The van der Waals surface area contributed by atoms with Crippen molar-refractivity contribution in [3.63, 3.8) is 0 Å². The molecular formula is C18H21N3O2. The molecule has 120 valence electrons. The van der Waals surface area contributed by atoms with Crippen LogP contribution in [-0.2, 0) is 16.1 Å². The molecule has 1 amide bonds. The molecule has 0 radical (unpaired) electrons. The number of ether oxygens (including phenoxy) is 1. The van der Waals surface area contributed by atoms with E-state index >= 15 is 0 Å². The van der Waals surface area contributed by atoms with E-state index in [-0.39, 0.29) is 11.8 Å². The van der Waals surface area contributed by atoms with Gasteiger partial charge >= 0.3 is 0 Å². The van der Waals surface area contributed by atoms with Crippen molar-refractivity contribution in [1.29, 1.82) is 0 Å². The normalized spacial score (nSPS) is 15.1. The molecule has 0 spiro atoms. The first-order valence-corrected chi connectivity index (χ1v) is 7.93. The van der Waals surface area contributed by atoms with Crippen LogP contribution in [0.15, 0.2) is 48.8 Å². The smallest absolute Gasteiger partial charge is 0.227 e. The molecule has 5 heteroatoms. The van der Waals surface area contributed by atoms with Gasteiger partial charge in [-0.15, -0.1) is 0 Å². The van der Waals surface area contributed by atoms with E-state index in [1.807, 2.05) is 42.6 Å². The second-order valence-electron chi connectivity index (χ2n) is 5.67. The van der Waals surface area contributed by atoms with Crippen LogP contribution in [-0.4, -0.2) is 24.1 Å². The van der Waals surface area contributed by atoms with Crippen molar-refractivity contribution >= 4 is 17.3 Å². The Labute approximate surface area is 136 Å². The molecule has 1 aromatic carbocycles. The molecule has 1 aromatic heterocycles. The number of carbonyl (C=O) groups excluding carboxylic acids is 1. The Bertz CT molecular complexity index is 622. The molecule has 2 heterocycles. The zero-order valence-electron chi connectivity index (χ0n) is 13.0. The van der Waals surface area contributed by atoms with Crippen molar-refractivity contribution in [1.82, 2.24) is 4.98 Å². The average Bonchev–Trinajstić information content (AvgIpc) is 2.63. The molecule has 2 aromatic rings. The maximum absolute atomic E-state index is 12.2. The predicted octanol–water partition coefficient (Wildman–Crippen LogP) is 3.06. The van der Waals surface area contributed by atoms with Gasteiger partial charge in [-0.1, -0.05) is 6.07 Å². The van der Waals surface area contributed by atoms with E-state index in [1.165, 1.54) is 0 Å². The number of carbonyl (C=O) groups is 1. The molecule has 1 fully saturated rings. The minimum Gasteiger partial charge on any atom is -0.381 e. The zero-order valence-corrected chi connectivity index (χ0v) is 13.0. The lowest BCUT2D eigenvalue weighted by Crippen LogP contribution is -2.28. The molecule has 3 rings (SSSR count). The Kier molecular flexibility index (Phi) is 5.21. The maximum atomic E-state index is 12.2. The average molecular weight is 311 g/mol. The zero-order chi connectivity index (χ0) is 15.9. The summed E-state index contributed by atoms with van der Waals surface area (Å²) in [5.74, 6) is 0.150. The fraction of sp³-hybridized carbons (Fsp3) is 0.333. The van der Waals surface area contributed by atoms with E-state index in [0.29, 0.717) is 13.2 Å². The number of amides is 1. The fourth-order valence-corrected chi connectivity index (χ4v) is 2.58. The summed E-state index contributed by atoms with van der Waals surface area (Å²) in [7, 11) is 0.